The second-order valence-electron chi connectivity index (χ2n) is 5.54. The van der Waals surface area contributed by atoms with Crippen molar-refractivity contribution in [2.45, 2.75) is 52.2 Å². The highest BCUT2D eigenvalue weighted by atomic mass is 16.6. The van der Waals surface area contributed by atoms with E-state index in [0.29, 0.717) is 5.69 Å². The molecular weight excluding hydrogens is 242 g/mol. The van der Waals surface area contributed by atoms with Crippen molar-refractivity contribution >= 4 is 11.8 Å². The molecule has 1 heterocycles. The lowest BCUT2D eigenvalue weighted by Gasteiger charge is -2.23. The van der Waals surface area contributed by atoms with Gasteiger partial charge in [0.2, 0.25) is 0 Å². The summed E-state index contributed by atoms with van der Waals surface area (Å²) in [5, 5.41) is 2.86. The molecule has 0 fully saturated rings. The first kappa shape index (κ1) is 15.3. The zero-order valence-corrected chi connectivity index (χ0v) is 12.1. The van der Waals surface area contributed by atoms with E-state index in [9.17, 15) is 4.79 Å². The van der Waals surface area contributed by atoms with Crippen molar-refractivity contribution in [3.8, 4) is 0 Å². The number of pyridine rings is 1. The number of nitrogen functional groups attached to an aromatic ring is 1. The molecule has 1 amide bonds. The van der Waals surface area contributed by atoms with E-state index in [1.165, 1.54) is 0 Å². The normalized spacial score (nSPS) is 12.8. The highest BCUT2D eigenvalue weighted by molar-refractivity contribution is 5.68. The Bertz CT molecular complexity index is 427. The number of nitrogens with two attached hydrogens (primary N) is 1. The molecule has 0 aromatic carbocycles. The lowest BCUT2D eigenvalue weighted by Crippen LogP contribution is -2.35. The molecule has 5 nitrogen and oxygen atoms in total. The molecule has 0 aliphatic carbocycles. The second kappa shape index (κ2) is 6.41. The zero-order valence-electron chi connectivity index (χ0n) is 12.1. The highest BCUT2D eigenvalue weighted by Crippen LogP contribution is 2.20. The van der Waals surface area contributed by atoms with Gasteiger partial charge < -0.3 is 15.8 Å². The third-order valence-corrected chi connectivity index (χ3v) is 2.45. The van der Waals surface area contributed by atoms with E-state index < -0.39 is 11.7 Å². The fourth-order valence-electron chi connectivity index (χ4n) is 1.73. The average Bonchev–Trinajstić information content (AvgIpc) is 2.26. The largest absolute Gasteiger partial charge is 0.444 e. The standard InChI is InChI=1S/C14H23N3O2/c1-5-6-12(10-7-11(15)9-16-8-10)17-13(18)19-14(2,3)4/h7-9,12H,5-6,15H2,1-4H3,(H,17,18)/t12-/m1/s1. The van der Waals surface area contributed by atoms with Crippen molar-refractivity contribution in [1.29, 1.82) is 0 Å². The van der Waals surface area contributed by atoms with Gasteiger partial charge in [0.25, 0.3) is 0 Å². The van der Waals surface area contributed by atoms with Crippen molar-refractivity contribution in [3.05, 3.63) is 24.0 Å². The molecule has 0 saturated carbocycles. The number of hydrogen-bond donors (Lipinski definition) is 2. The average molecular weight is 265 g/mol. The molecule has 0 bridgehead atoms. The third kappa shape index (κ3) is 5.59. The lowest BCUT2D eigenvalue weighted by atomic mass is 10.0. The van der Waals surface area contributed by atoms with Gasteiger partial charge >= 0.3 is 6.09 Å². The van der Waals surface area contributed by atoms with Gasteiger partial charge in [-0.05, 0) is 38.8 Å². The number of hydrogen-bond acceptors (Lipinski definition) is 4. The summed E-state index contributed by atoms with van der Waals surface area (Å²) in [5.41, 5.74) is 6.70. The summed E-state index contributed by atoms with van der Waals surface area (Å²) in [6.07, 6.45) is 4.63. The van der Waals surface area contributed by atoms with E-state index >= 15 is 0 Å². The number of nitrogens with zero attached hydrogens (tertiary/aromatic N) is 1. The number of carbonyl (C=O) groups is 1. The lowest BCUT2D eigenvalue weighted by molar-refractivity contribution is 0.0501. The number of amides is 1. The van der Waals surface area contributed by atoms with Crippen LogP contribution < -0.4 is 11.1 Å². The van der Waals surface area contributed by atoms with E-state index in [2.05, 4.69) is 17.2 Å². The molecule has 1 rings (SSSR count). The summed E-state index contributed by atoms with van der Waals surface area (Å²) >= 11 is 0. The van der Waals surface area contributed by atoms with E-state index in [4.69, 9.17) is 10.5 Å². The summed E-state index contributed by atoms with van der Waals surface area (Å²) in [4.78, 5) is 15.9. The van der Waals surface area contributed by atoms with Gasteiger partial charge in [0.15, 0.2) is 0 Å². The van der Waals surface area contributed by atoms with Crippen LogP contribution in [0.4, 0.5) is 10.5 Å². The van der Waals surface area contributed by atoms with Gasteiger partial charge in [-0.3, -0.25) is 4.98 Å². The Labute approximate surface area is 114 Å². The maximum Gasteiger partial charge on any atom is 0.408 e. The van der Waals surface area contributed by atoms with Crippen LogP contribution in [-0.4, -0.2) is 16.7 Å². The van der Waals surface area contributed by atoms with Crippen LogP contribution in [0.1, 0.15) is 52.1 Å². The van der Waals surface area contributed by atoms with Crippen LogP contribution >= 0.6 is 0 Å². The van der Waals surface area contributed by atoms with Crippen LogP contribution in [0, 0.1) is 0 Å². The van der Waals surface area contributed by atoms with Crippen LogP contribution in [0.2, 0.25) is 0 Å². The predicted octanol–water partition coefficient (Wildman–Crippen LogP) is 3.03. The van der Waals surface area contributed by atoms with Crippen LogP contribution in [0.15, 0.2) is 18.5 Å². The van der Waals surface area contributed by atoms with Crippen molar-refractivity contribution in [2.24, 2.45) is 0 Å². The van der Waals surface area contributed by atoms with Gasteiger partial charge in [0, 0.05) is 12.4 Å². The summed E-state index contributed by atoms with van der Waals surface area (Å²) in [6.45, 7) is 7.57. The molecule has 1 aromatic rings. The van der Waals surface area contributed by atoms with Crippen LogP contribution in [0.3, 0.4) is 0 Å². The van der Waals surface area contributed by atoms with Gasteiger partial charge in [0.1, 0.15) is 5.60 Å². The SMILES string of the molecule is CCC[C@@H](NC(=O)OC(C)(C)C)c1cncc(N)c1. The Morgan fingerprint density at radius 1 is 1.47 bits per heavy atom. The minimum absolute atomic E-state index is 0.129. The molecule has 3 N–H and O–H groups in total. The summed E-state index contributed by atoms with van der Waals surface area (Å²) in [5.74, 6) is 0. The Morgan fingerprint density at radius 3 is 2.68 bits per heavy atom. The van der Waals surface area contributed by atoms with Crippen molar-refractivity contribution < 1.29 is 9.53 Å². The Hall–Kier alpha value is -1.78. The number of rotatable bonds is 4. The summed E-state index contributed by atoms with van der Waals surface area (Å²) in [6, 6.07) is 1.70. The smallest absolute Gasteiger partial charge is 0.408 e. The third-order valence-electron chi connectivity index (χ3n) is 2.45. The minimum Gasteiger partial charge on any atom is -0.444 e. The van der Waals surface area contributed by atoms with Crippen molar-refractivity contribution in [2.75, 3.05) is 5.73 Å². The van der Waals surface area contributed by atoms with Gasteiger partial charge in [-0.15, -0.1) is 0 Å². The molecular formula is C14H23N3O2. The first-order valence-electron chi connectivity index (χ1n) is 6.51. The number of nitrogens with one attached hydrogen (secondary N) is 1. The molecule has 0 aliphatic rings. The van der Waals surface area contributed by atoms with Crippen molar-refractivity contribution in [3.63, 3.8) is 0 Å². The van der Waals surface area contributed by atoms with Crippen molar-refractivity contribution in [1.82, 2.24) is 10.3 Å². The van der Waals surface area contributed by atoms with Crippen LogP contribution in [0.5, 0.6) is 0 Å². The molecule has 0 aliphatic heterocycles. The molecule has 19 heavy (non-hydrogen) atoms. The van der Waals surface area contributed by atoms with E-state index in [0.717, 1.165) is 18.4 Å². The second-order valence-corrected chi connectivity index (χ2v) is 5.54. The first-order valence-corrected chi connectivity index (χ1v) is 6.51. The molecule has 0 unspecified atom stereocenters. The number of aromatic nitrogens is 1. The molecule has 0 radical (unpaired) electrons. The number of carbonyl (C=O) groups excluding carboxylic acids is 1. The molecule has 0 saturated heterocycles. The number of alkyl carbamates (subject to hydrolysis) is 1. The topological polar surface area (TPSA) is 77.2 Å². The monoisotopic (exact) mass is 265 g/mol. The van der Waals surface area contributed by atoms with E-state index in [1.54, 1.807) is 12.4 Å². The summed E-state index contributed by atoms with van der Waals surface area (Å²) < 4.78 is 5.26. The molecule has 5 heteroatoms. The fourth-order valence-corrected chi connectivity index (χ4v) is 1.73. The minimum atomic E-state index is -0.505. The quantitative estimate of drug-likeness (QED) is 0.877. The predicted molar refractivity (Wildman–Crippen MR) is 75.7 cm³/mol. The van der Waals surface area contributed by atoms with E-state index in [-0.39, 0.29) is 6.04 Å². The Morgan fingerprint density at radius 2 is 2.16 bits per heavy atom. The highest BCUT2D eigenvalue weighted by Gasteiger charge is 2.20. The molecule has 1 atom stereocenters. The molecule has 1 aromatic heterocycles. The fraction of sp³-hybridized carbons (Fsp3) is 0.571. The van der Waals surface area contributed by atoms with E-state index in [1.807, 2.05) is 26.8 Å². The Balaban J connectivity index is 2.76. The van der Waals surface area contributed by atoms with Crippen LogP contribution in [-0.2, 0) is 4.74 Å². The number of ether oxygens (including phenoxy) is 1. The van der Waals surface area contributed by atoms with Gasteiger partial charge in [-0.2, -0.15) is 0 Å². The van der Waals surface area contributed by atoms with Gasteiger partial charge in [-0.1, -0.05) is 13.3 Å². The maximum absolute atomic E-state index is 11.8. The van der Waals surface area contributed by atoms with Crippen LogP contribution in [0.25, 0.3) is 0 Å². The van der Waals surface area contributed by atoms with Gasteiger partial charge in [-0.25, -0.2) is 4.79 Å². The number of anilines is 1. The maximum atomic E-state index is 11.8. The molecule has 0 spiro atoms. The first-order chi connectivity index (χ1) is 8.81. The van der Waals surface area contributed by atoms with Gasteiger partial charge in [0.05, 0.1) is 11.7 Å². The molecule has 106 valence electrons. The Kier molecular flexibility index (Phi) is 5.15. The summed E-state index contributed by atoms with van der Waals surface area (Å²) in [7, 11) is 0. The zero-order chi connectivity index (χ0) is 14.5.